The number of carbonyl (C=O) groups excluding carboxylic acids is 1. The molecular formula is C23H27FN6O2S. The summed E-state index contributed by atoms with van der Waals surface area (Å²) in [6.45, 7) is 6.04. The van der Waals surface area contributed by atoms with E-state index in [0.717, 1.165) is 19.6 Å². The lowest BCUT2D eigenvalue weighted by atomic mass is 10.1. The van der Waals surface area contributed by atoms with Crippen molar-refractivity contribution in [3.8, 4) is 5.75 Å². The van der Waals surface area contributed by atoms with Crippen LogP contribution in [0.2, 0.25) is 0 Å². The number of nitrogens with two attached hydrogens (primary N) is 1. The number of piperazine rings is 1. The van der Waals surface area contributed by atoms with Crippen LogP contribution in [-0.2, 0) is 17.9 Å². The molecule has 0 atom stereocenters. The molecule has 2 aromatic carbocycles. The molecule has 10 heteroatoms. The maximum Gasteiger partial charge on any atom is 0.233 e. The van der Waals surface area contributed by atoms with Gasteiger partial charge in [-0.1, -0.05) is 53.7 Å². The standard InChI is InChI=1S/C23H27FN6O2S/c1-17-5-4-6-18(13-17)14-28-9-11-29(12-10-28)22(31)16-33-23-27-26-21(30(23)25)15-32-20-8-3-2-7-19(20)24/h2-8,13H,9-12,14-16,25H2,1H3. The number of aryl methyl sites for hydroxylation is 1. The van der Waals surface area contributed by atoms with Crippen molar-refractivity contribution < 1.29 is 13.9 Å². The molecular weight excluding hydrogens is 443 g/mol. The first-order valence-electron chi connectivity index (χ1n) is 10.7. The van der Waals surface area contributed by atoms with Crippen LogP contribution in [0.5, 0.6) is 5.75 Å². The van der Waals surface area contributed by atoms with Gasteiger partial charge < -0.3 is 15.5 Å². The van der Waals surface area contributed by atoms with E-state index < -0.39 is 5.82 Å². The van der Waals surface area contributed by atoms with E-state index >= 15 is 0 Å². The lowest BCUT2D eigenvalue weighted by Crippen LogP contribution is -2.48. The number of hydrogen-bond acceptors (Lipinski definition) is 7. The molecule has 1 fully saturated rings. The molecule has 0 spiro atoms. The maximum atomic E-state index is 13.7. The van der Waals surface area contributed by atoms with Gasteiger partial charge in [0.1, 0.15) is 6.61 Å². The fourth-order valence-electron chi connectivity index (χ4n) is 3.65. The molecule has 1 aliphatic heterocycles. The summed E-state index contributed by atoms with van der Waals surface area (Å²) in [5.74, 6) is 6.31. The molecule has 33 heavy (non-hydrogen) atoms. The molecule has 1 saturated heterocycles. The first kappa shape index (κ1) is 23.1. The van der Waals surface area contributed by atoms with Gasteiger partial charge >= 0.3 is 0 Å². The van der Waals surface area contributed by atoms with Crippen LogP contribution in [0.15, 0.2) is 53.7 Å². The number of amides is 1. The molecule has 174 valence electrons. The molecule has 2 N–H and O–H groups in total. The molecule has 0 bridgehead atoms. The second-order valence-electron chi connectivity index (χ2n) is 7.92. The molecule has 1 aliphatic rings. The number of aromatic nitrogens is 3. The average Bonchev–Trinajstić information content (AvgIpc) is 3.17. The number of para-hydroxylation sites is 1. The van der Waals surface area contributed by atoms with Crippen molar-refractivity contribution in [1.29, 1.82) is 0 Å². The first-order valence-corrected chi connectivity index (χ1v) is 11.7. The Morgan fingerprint density at radius 3 is 2.67 bits per heavy atom. The topological polar surface area (TPSA) is 89.5 Å². The summed E-state index contributed by atoms with van der Waals surface area (Å²) in [6, 6.07) is 14.6. The first-order chi connectivity index (χ1) is 16.0. The highest BCUT2D eigenvalue weighted by Crippen LogP contribution is 2.19. The molecule has 8 nitrogen and oxygen atoms in total. The van der Waals surface area contributed by atoms with Gasteiger partial charge in [-0.05, 0) is 24.6 Å². The fourth-order valence-corrected chi connectivity index (χ4v) is 4.43. The third-order valence-electron chi connectivity index (χ3n) is 5.47. The molecule has 1 aromatic heterocycles. The number of hydrogen-bond donors (Lipinski definition) is 1. The molecule has 0 aliphatic carbocycles. The van der Waals surface area contributed by atoms with E-state index in [2.05, 4.69) is 46.3 Å². The van der Waals surface area contributed by atoms with Gasteiger partial charge in [-0.15, -0.1) is 10.2 Å². The van der Waals surface area contributed by atoms with Crippen molar-refractivity contribution in [2.24, 2.45) is 0 Å². The number of thioether (sulfide) groups is 1. The summed E-state index contributed by atoms with van der Waals surface area (Å²) < 4.78 is 20.4. The third kappa shape index (κ3) is 6.02. The van der Waals surface area contributed by atoms with Crippen LogP contribution in [-0.4, -0.2) is 62.5 Å². The van der Waals surface area contributed by atoms with Crippen molar-refractivity contribution in [2.45, 2.75) is 25.2 Å². The normalized spacial score (nSPS) is 14.4. The van der Waals surface area contributed by atoms with Crippen molar-refractivity contribution in [3.05, 3.63) is 71.3 Å². The number of benzene rings is 2. The Bertz CT molecular complexity index is 1100. The van der Waals surface area contributed by atoms with Gasteiger partial charge in [0.2, 0.25) is 11.1 Å². The summed E-state index contributed by atoms with van der Waals surface area (Å²) in [6.07, 6.45) is 0. The van der Waals surface area contributed by atoms with Gasteiger partial charge in [-0.25, -0.2) is 9.07 Å². The molecule has 2 heterocycles. The van der Waals surface area contributed by atoms with E-state index in [1.807, 2.05) is 4.90 Å². The van der Waals surface area contributed by atoms with Crippen LogP contribution in [0.25, 0.3) is 0 Å². The Labute approximate surface area is 196 Å². The number of nitrogens with zero attached hydrogens (tertiary/aromatic N) is 5. The van der Waals surface area contributed by atoms with Crippen LogP contribution in [0.3, 0.4) is 0 Å². The summed E-state index contributed by atoms with van der Waals surface area (Å²) in [7, 11) is 0. The molecule has 0 saturated carbocycles. The lowest BCUT2D eigenvalue weighted by Gasteiger charge is -2.34. The average molecular weight is 471 g/mol. The zero-order chi connectivity index (χ0) is 23.2. The van der Waals surface area contributed by atoms with E-state index in [1.54, 1.807) is 12.1 Å². The molecule has 1 amide bonds. The smallest absolute Gasteiger partial charge is 0.233 e. The van der Waals surface area contributed by atoms with Crippen LogP contribution in [0.4, 0.5) is 4.39 Å². The van der Waals surface area contributed by atoms with Crippen LogP contribution < -0.4 is 10.6 Å². The number of halogens is 1. The lowest BCUT2D eigenvalue weighted by molar-refractivity contribution is -0.130. The van der Waals surface area contributed by atoms with E-state index in [0.29, 0.717) is 24.1 Å². The minimum atomic E-state index is -0.459. The second kappa shape index (κ2) is 10.7. The van der Waals surface area contributed by atoms with Crippen molar-refractivity contribution in [2.75, 3.05) is 37.8 Å². The summed E-state index contributed by atoms with van der Waals surface area (Å²) >= 11 is 1.23. The zero-order valence-electron chi connectivity index (χ0n) is 18.5. The van der Waals surface area contributed by atoms with Crippen molar-refractivity contribution >= 4 is 17.7 Å². The van der Waals surface area contributed by atoms with Gasteiger partial charge in [-0.2, -0.15) is 0 Å². The van der Waals surface area contributed by atoms with E-state index in [-0.39, 0.29) is 24.0 Å². The summed E-state index contributed by atoms with van der Waals surface area (Å²) in [5, 5.41) is 8.44. The molecule has 0 unspecified atom stereocenters. The number of rotatable bonds is 8. The molecule has 0 radical (unpaired) electrons. The Balaban J connectivity index is 1.23. The van der Waals surface area contributed by atoms with E-state index in [9.17, 15) is 9.18 Å². The Hall–Kier alpha value is -3.11. The van der Waals surface area contributed by atoms with Crippen LogP contribution >= 0.6 is 11.8 Å². The Morgan fingerprint density at radius 2 is 1.91 bits per heavy atom. The van der Waals surface area contributed by atoms with Crippen molar-refractivity contribution in [3.63, 3.8) is 0 Å². The SMILES string of the molecule is Cc1cccc(CN2CCN(C(=O)CSc3nnc(COc4ccccc4F)n3N)CC2)c1. The molecule has 3 aromatic rings. The monoisotopic (exact) mass is 470 g/mol. The highest BCUT2D eigenvalue weighted by atomic mass is 32.2. The minimum Gasteiger partial charge on any atom is -0.482 e. The van der Waals surface area contributed by atoms with Gasteiger partial charge in [0, 0.05) is 32.7 Å². The van der Waals surface area contributed by atoms with Gasteiger partial charge in [0.25, 0.3) is 0 Å². The highest BCUT2D eigenvalue weighted by Gasteiger charge is 2.22. The van der Waals surface area contributed by atoms with Crippen LogP contribution in [0, 0.1) is 12.7 Å². The largest absolute Gasteiger partial charge is 0.482 e. The Morgan fingerprint density at radius 1 is 1.12 bits per heavy atom. The van der Waals surface area contributed by atoms with Gasteiger partial charge in [0.15, 0.2) is 17.4 Å². The number of carbonyl (C=O) groups is 1. The quantitative estimate of drug-likeness (QED) is 0.400. The predicted octanol–water partition coefficient (Wildman–Crippen LogP) is 2.45. The zero-order valence-corrected chi connectivity index (χ0v) is 19.3. The number of nitrogen functional groups attached to an aromatic ring is 1. The fraction of sp³-hybridized carbons (Fsp3) is 0.348. The summed E-state index contributed by atoms with van der Waals surface area (Å²) in [5.41, 5.74) is 2.55. The third-order valence-corrected chi connectivity index (χ3v) is 6.39. The number of ether oxygens (including phenoxy) is 1. The van der Waals surface area contributed by atoms with Crippen molar-refractivity contribution in [1.82, 2.24) is 24.7 Å². The van der Waals surface area contributed by atoms with Gasteiger partial charge in [-0.3, -0.25) is 9.69 Å². The minimum absolute atomic E-state index is 0.0260. The van der Waals surface area contributed by atoms with E-state index in [1.165, 1.54) is 39.7 Å². The van der Waals surface area contributed by atoms with E-state index in [4.69, 9.17) is 10.6 Å². The second-order valence-corrected chi connectivity index (χ2v) is 8.87. The van der Waals surface area contributed by atoms with Crippen LogP contribution in [0.1, 0.15) is 17.0 Å². The predicted molar refractivity (Wildman–Crippen MR) is 125 cm³/mol. The summed E-state index contributed by atoms with van der Waals surface area (Å²) in [4.78, 5) is 16.9. The maximum absolute atomic E-state index is 13.7. The Kier molecular flexibility index (Phi) is 7.46. The van der Waals surface area contributed by atoms with Gasteiger partial charge in [0.05, 0.1) is 5.75 Å². The highest BCUT2D eigenvalue weighted by molar-refractivity contribution is 7.99. The molecule has 4 rings (SSSR count).